The molecule has 2 aromatic rings. The molecule has 0 fully saturated rings. The van der Waals surface area contributed by atoms with Crippen LogP contribution >= 0.6 is 0 Å². The third-order valence-electron chi connectivity index (χ3n) is 2.97. The summed E-state index contributed by atoms with van der Waals surface area (Å²) in [6.07, 6.45) is 1.47. The summed E-state index contributed by atoms with van der Waals surface area (Å²) in [6.45, 7) is 5.11. The topological polar surface area (TPSA) is 52.8 Å². The highest BCUT2D eigenvalue weighted by molar-refractivity contribution is 5.89. The van der Waals surface area contributed by atoms with Crippen molar-refractivity contribution in [2.75, 3.05) is 18.0 Å². The van der Waals surface area contributed by atoms with Gasteiger partial charge in [-0.05, 0) is 32.0 Å². The highest BCUT2D eigenvalue weighted by atomic mass is 19.1. The van der Waals surface area contributed by atoms with Crippen molar-refractivity contribution in [3.63, 3.8) is 0 Å². The Balaban J connectivity index is 2.48. The summed E-state index contributed by atoms with van der Waals surface area (Å²) in [5.74, 6) is 0.251. The lowest BCUT2D eigenvalue weighted by molar-refractivity contribution is 0.629. The van der Waals surface area contributed by atoms with Crippen LogP contribution in [0.2, 0.25) is 0 Å². The Morgan fingerprint density at radius 3 is 2.89 bits per heavy atom. The van der Waals surface area contributed by atoms with Gasteiger partial charge in [0.25, 0.3) is 0 Å². The predicted octanol–water partition coefficient (Wildman–Crippen LogP) is 2.75. The Labute approximate surface area is 111 Å². The summed E-state index contributed by atoms with van der Waals surface area (Å²) in [4.78, 5) is 10.3. The van der Waals surface area contributed by atoms with Crippen LogP contribution in [0.5, 0.6) is 0 Å². The van der Waals surface area contributed by atoms with E-state index in [-0.39, 0.29) is 11.7 Å². The van der Waals surface area contributed by atoms with E-state index in [0.717, 1.165) is 0 Å². The van der Waals surface area contributed by atoms with Crippen molar-refractivity contribution in [1.29, 1.82) is 5.26 Å². The molecule has 1 unspecified atom stereocenters. The van der Waals surface area contributed by atoms with Crippen molar-refractivity contribution in [2.45, 2.75) is 13.8 Å². The number of hydrogen-bond acceptors (Lipinski definition) is 4. The van der Waals surface area contributed by atoms with Gasteiger partial charge in [-0.15, -0.1) is 0 Å². The van der Waals surface area contributed by atoms with Crippen LogP contribution in [-0.2, 0) is 0 Å². The molecule has 0 bridgehead atoms. The van der Waals surface area contributed by atoms with E-state index in [0.29, 0.717) is 29.8 Å². The maximum absolute atomic E-state index is 13.4. The molecule has 0 radical (unpaired) electrons. The molecule has 0 aliphatic rings. The number of aromatic nitrogens is 2. The summed E-state index contributed by atoms with van der Waals surface area (Å²) in [5.41, 5.74) is 0.703. The molecule has 0 N–H and O–H groups in total. The van der Waals surface area contributed by atoms with E-state index >= 15 is 0 Å². The van der Waals surface area contributed by atoms with Gasteiger partial charge in [0.2, 0.25) is 0 Å². The van der Waals surface area contributed by atoms with Gasteiger partial charge in [0.15, 0.2) is 0 Å². The number of anilines is 1. The van der Waals surface area contributed by atoms with Crippen LogP contribution in [0.4, 0.5) is 10.2 Å². The second-order valence-corrected chi connectivity index (χ2v) is 4.43. The van der Waals surface area contributed by atoms with Gasteiger partial charge in [-0.25, -0.2) is 14.4 Å². The lowest BCUT2D eigenvalue weighted by Crippen LogP contribution is -2.28. The fraction of sp³-hybridized carbons (Fsp3) is 0.357. The summed E-state index contributed by atoms with van der Waals surface area (Å²) >= 11 is 0. The van der Waals surface area contributed by atoms with Crippen LogP contribution in [0.25, 0.3) is 10.9 Å². The summed E-state index contributed by atoms with van der Waals surface area (Å²) < 4.78 is 13.4. The first-order chi connectivity index (χ1) is 9.15. The number of halogens is 1. The monoisotopic (exact) mass is 258 g/mol. The van der Waals surface area contributed by atoms with E-state index < -0.39 is 0 Å². The highest BCUT2D eigenvalue weighted by Crippen LogP contribution is 2.24. The van der Waals surface area contributed by atoms with Gasteiger partial charge in [0.05, 0.1) is 17.5 Å². The van der Waals surface area contributed by atoms with Crippen LogP contribution < -0.4 is 4.90 Å². The van der Waals surface area contributed by atoms with Crippen molar-refractivity contribution in [3.05, 3.63) is 30.3 Å². The Morgan fingerprint density at radius 1 is 1.42 bits per heavy atom. The van der Waals surface area contributed by atoms with E-state index in [2.05, 4.69) is 16.0 Å². The standard InChI is InChI=1S/C14H15FN4/c1-3-19(8-10(2)7-16)14-12-6-11(15)4-5-13(12)17-9-18-14/h4-6,9-10H,3,8H2,1-2H3. The number of hydrogen-bond donors (Lipinski definition) is 0. The minimum Gasteiger partial charge on any atom is -0.355 e. The third kappa shape index (κ3) is 2.79. The molecule has 0 amide bonds. The van der Waals surface area contributed by atoms with Crippen LogP contribution in [0.3, 0.4) is 0 Å². The van der Waals surface area contributed by atoms with Crippen LogP contribution in [-0.4, -0.2) is 23.1 Å². The molecular weight excluding hydrogens is 243 g/mol. The molecule has 0 saturated carbocycles. The minimum absolute atomic E-state index is 0.112. The van der Waals surface area contributed by atoms with Crippen molar-refractivity contribution in [2.24, 2.45) is 5.92 Å². The van der Waals surface area contributed by atoms with Gasteiger partial charge < -0.3 is 4.90 Å². The third-order valence-corrected chi connectivity index (χ3v) is 2.97. The van der Waals surface area contributed by atoms with Gasteiger partial charge in [0.1, 0.15) is 18.0 Å². The van der Waals surface area contributed by atoms with Crippen molar-refractivity contribution >= 4 is 16.7 Å². The van der Waals surface area contributed by atoms with Crippen molar-refractivity contribution in [1.82, 2.24) is 9.97 Å². The molecule has 4 nitrogen and oxygen atoms in total. The molecule has 1 aromatic carbocycles. The molecule has 5 heteroatoms. The highest BCUT2D eigenvalue weighted by Gasteiger charge is 2.14. The fourth-order valence-corrected chi connectivity index (χ4v) is 2.00. The number of rotatable bonds is 4. The molecule has 1 aromatic heterocycles. The second-order valence-electron chi connectivity index (χ2n) is 4.43. The lowest BCUT2D eigenvalue weighted by Gasteiger charge is -2.24. The zero-order valence-electron chi connectivity index (χ0n) is 11.0. The fourth-order valence-electron chi connectivity index (χ4n) is 2.00. The van der Waals surface area contributed by atoms with Crippen molar-refractivity contribution in [3.8, 4) is 6.07 Å². The molecule has 19 heavy (non-hydrogen) atoms. The lowest BCUT2D eigenvalue weighted by atomic mass is 10.1. The first-order valence-corrected chi connectivity index (χ1v) is 6.20. The Hall–Kier alpha value is -2.22. The van der Waals surface area contributed by atoms with E-state index in [1.54, 1.807) is 6.07 Å². The first kappa shape index (κ1) is 13.2. The molecule has 2 rings (SSSR count). The van der Waals surface area contributed by atoms with Crippen LogP contribution in [0.1, 0.15) is 13.8 Å². The summed E-state index contributed by atoms with van der Waals surface area (Å²) in [6, 6.07) is 6.65. The average molecular weight is 258 g/mol. The number of nitriles is 1. The quantitative estimate of drug-likeness (QED) is 0.846. The van der Waals surface area contributed by atoms with Crippen LogP contribution in [0, 0.1) is 23.1 Å². The van der Waals surface area contributed by atoms with Crippen LogP contribution in [0.15, 0.2) is 24.5 Å². The maximum Gasteiger partial charge on any atom is 0.140 e. The molecule has 1 heterocycles. The molecule has 1 atom stereocenters. The Kier molecular flexibility index (Phi) is 3.91. The number of fused-ring (bicyclic) bond motifs is 1. The normalized spacial score (nSPS) is 12.1. The SMILES string of the molecule is CCN(CC(C)C#N)c1ncnc2ccc(F)cc12. The molecule has 98 valence electrons. The zero-order chi connectivity index (χ0) is 13.8. The number of nitrogens with zero attached hydrogens (tertiary/aromatic N) is 4. The number of benzene rings is 1. The Bertz CT molecular complexity index is 620. The largest absolute Gasteiger partial charge is 0.355 e. The summed E-state index contributed by atoms with van der Waals surface area (Å²) in [7, 11) is 0. The van der Waals surface area contributed by atoms with E-state index in [9.17, 15) is 4.39 Å². The summed E-state index contributed by atoms with van der Waals surface area (Å²) in [5, 5.41) is 9.59. The second kappa shape index (κ2) is 5.61. The maximum atomic E-state index is 13.4. The van der Waals surface area contributed by atoms with Gasteiger partial charge in [0, 0.05) is 18.5 Å². The minimum atomic E-state index is -0.312. The smallest absolute Gasteiger partial charge is 0.140 e. The first-order valence-electron chi connectivity index (χ1n) is 6.20. The average Bonchev–Trinajstić information content (AvgIpc) is 2.44. The van der Waals surface area contributed by atoms with Gasteiger partial charge in [-0.2, -0.15) is 5.26 Å². The van der Waals surface area contributed by atoms with Gasteiger partial charge in [-0.3, -0.25) is 0 Å². The van der Waals surface area contributed by atoms with E-state index in [1.165, 1.54) is 18.5 Å². The molecular formula is C14H15FN4. The zero-order valence-corrected chi connectivity index (χ0v) is 11.0. The van der Waals surface area contributed by atoms with Crippen molar-refractivity contribution < 1.29 is 4.39 Å². The van der Waals surface area contributed by atoms with E-state index in [1.807, 2.05) is 18.7 Å². The molecule has 0 aliphatic heterocycles. The molecule has 0 aliphatic carbocycles. The predicted molar refractivity (Wildman–Crippen MR) is 72.2 cm³/mol. The van der Waals surface area contributed by atoms with E-state index in [4.69, 9.17) is 5.26 Å². The van der Waals surface area contributed by atoms with Gasteiger partial charge >= 0.3 is 0 Å². The molecule has 0 saturated heterocycles. The Morgan fingerprint density at radius 2 is 2.21 bits per heavy atom. The van der Waals surface area contributed by atoms with Gasteiger partial charge in [-0.1, -0.05) is 0 Å². The molecule has 0 spiro atoms.